The van der Waals surface area contributed by atoms with Crippen molar-refractivity contribution in [3.8, 4) is 0 Å². The van der Waals surface area contributed by atoms with E-state index in [9.17, 15) is 13.2 Å². The number of nitrogens with zero attached hydrogens (tertiary/aromatic N) is 2. The Balaban J connectivity index is 2.73. The van der Waals surface area contributed by atoms with Gasteiger partial charge in [0.25, 0.3) is 0 Å². The van der Waals surface area contributed by atoms with Crippen molar-refractivity contribution in [2.45, 2.75) is 46.0 Å². The molecule has 0 amide bonds. The zero-order valence-electron chi connectivity index (χ0n) is 12.2. The highest BCUT2D eigenvalue weighted by Crippen LogP contribution is 2.20. The Hall–Kier alpha value is -1.30. The zero-order valence-corrected chi connectivity index (χ0v) is 12.2. The van der Waals surface area contributed by atoms with Crippen LogP contribution in [0.15, 0.2) is 18.3 Å². The molecule has 0 fully saturated rings. The zero-order chi connectivity index (χ0) is 15.2. The normalized spacial score (nSPS) is 12.2. The van der Waals surface area contributed by atoms with Crippen LogP contribution in [0, 0.1) is 0 Å². The standard InChI is InChI=1S/C14H22F3N3/c1-4-6-18-13-8-12(5-7-19-13)9-20(11(2)3)10-14(15,16)17/h5,7-8,11H,4,6,9-10H2,1-3H3,(H,18,19). The molecule has 1 N–H and O–H groups in total. The van der Waals surface area contributed by atoms with Crippen molar-refractivity contribution in [3.63, 3.8) is 0 Å². The summed E-state index contributed by atoms with van der Waals surface area (Å²) in [5.74, 6) is 0.708. The second kappa shape index (κ2) is 7.47. The van der Waals surface area contributed by atoms with Crippen LogP contribution in [-0.4, -0.2) is 35.2 Å². The first-order valence-corrected chi connectivity index (χ1v) is 6.81. The number of nitrogens with one attached hydrogen (secondary N) is 1. The summed E-state index contributed by atoms with van der Waals surface area (Å²) in [7, 11) is 0. The van der Waals surface area contributed by atoms with Gasteiger partial charge in [-0.15, -0.1) is 0 Å². The summed E-state index contributed by atoms with van der Waals surface area (Å²) in [5.41, 5.74) is 0.830. The topological polar surface area (TPSA) is 28.2 Å². The van der Waals surface area contributed by atoms with Crippen molar-refractivity contribution in [3.05, 3.63) is 23.9 Å². The summed E-state index contributed by atoms with van der Waals surface area (Å²) in [6.45, 7) is 5.74. The molecule has 0 saturated carbocycles. The van der Waals surface area contributed by atoms with E-state index in [0.29, 0.717) is 5.82 Å². The third kappa shape index (κ3) is 6.23. The number of hydrogen-bond donors (Lipinski definition) is 1. The second-order valence-electron chi connectivity index (χ2n) is 5.09. The molecule has 1 rings (SSSR count). The molecular formula is C14H22F3N3. The van der Waals surface area contributed by atoms with Gasteiger partial charge in [-0.05, 0) is 38.0 Å². The Morgan fingerprint density at radius 3 is 2.60 bits per heavy atom. The van der Waals surface area contributed by atoms with E-state index in [1.165, 1.54) is 4.90 Å². The van der Waals surface area contributed by atoms with E-state index in [4.69, 9.17) is 0 Å². The molecule has 1 aromatic heterocycles. The fourth-order valence-electron chi connectivity index (χ4n) is 1.81. The maximum Gasteiger partial charge on any atom is 0.401 e. The van der Waals surface area contributed by atoms with E-state index in [0.717, 1.165) is 18.5 Å². The fourth-order valence-corrected chi connectivity index (χ4v) is 1.81. The average molecular weight is 289 g/mol. The molecule has 1 aromatic rings. The summed E-state index contributed by atoms with van der Waals surface area (Å²) in [6, 6.07) is 3.39. The van der Waals surface area contributed by atoms with Crippen molar-refractivity contribution in [1.29, 1.82) is 0 Å². The van der Waals surface area contributed by atoms with Crippen molar-refractivity contribution < 1.29 is 13.2 Å². The lowest BCUT2D eigenvalue weighted by Gasteiger charge is -2.27. The number of rotatable bonds is 7. The molecule has 3 nitrogen and oxygen atoms in total. The van der Waals surface area contributed by atoms with Crippen LogP contribution in [0.1, 0.15) is 32.8 Å². The minimum Gasteiger partial charge on any atom is -0.370 e. The van der Waals surface area contributed by atoms with Crippen LogP contribution in [0.25, 0.3) is 0 Å². The summed E-state index contributed by atoms with van der Waals surface area (Å²) in [6.07, 6.45) is -1.59. The molecule has 1 heterocycles. The predicted octanol–water partition coefficient (Wildman–Crippen LogP) is 3.68. The maximum absolute atomic E-state index is 12.5. The van der Waals surface area contributed by atoms with Crippen molar-refractivity contribution in [2.24, 2.45) is 0 Å². The molecule has 0 spiro atoms. The molecule has 0 aliphatic heterocycles. The van der Waals surface area contributed by atoms with Crippen LogP contribution >= 0.6 is 0 Å². The van der Waals surface area contributed by atoms with Gasteiger partial charge in [-0.2, -0.15) is 13.2 Å². The smallest absolute Gasteiger partial charge is 0.370 e. The Labute approximate surface area is 118 Å². The van der Waals surface area contributed by atoms with E-state index in [1.54, 1.807) is 32.2 Å². The Morgan fingerprint density at radius 2 is 2.05 bits per heavy atom. The van der Waals surface area contributed by atoms with Crippen LogP contribution in [0.4, 0.5) is 19.0 Å². The van der Waals surface area contributed by atoms with Gasteiger partial charge in [-0.25, -0.2) is 4.98 Å². The molecule has 20 heavy (non-hydrogen) atoms. The largest absolute Gasteiger partial charge is 0.401 e. The van der Waals surface area contributed by atoms with Crippen LogP contribution in [0.5, 0.6) is 0 Å². The molecule has 0 aromatic carbocycles. The van der Waals surface area contributed by atoms with E-state index in [1.807, 2.05) is 6.92 Å². The second-order valence-corrected chi connectivity index (χ2v) is 5.09. The Bertz CT molecular complexity index is 405. The first-order chi connectivity index (χ1) is 9.31. The highest BCUT2D eigenvalue weighted by Gasteiger charge is 2.31. The van der Waals surface area contributed by atoms with Gasteiger partial charge in [0.05, 0.1) is 6.54 Å². The van der Waals surface area contributed by atoms with Gasteiger partial charge in [0.2, 0.25) is 0 Å². The molecule has 0 atom stereocenters. The third-order valence-corrected chi connectivity index (χ3v) is 2.88. The average Bonchev–Trinajstić information content (AvgIpc) is 2.34. The van der Waals surface area contributed by atoms with Crippen molar-refractivity contribution in [2.75, 3.05) is 18.4 Å². The van der Waals surface area contributed by atoms with Gasteiger partial charge in [0.1, 0.15) is 5.82 Å². The minimum absolute atomic E-state index is 0.170. The SMILES string of the molecule is CCCNc1cc(CN(CC(F)(F)F)C(C)C)ccn1. The van der Waals surface area contributed by atoms with Crippen LogP contribution < -0.4 is 5.32 Å². The van der Waals surface area contributed by atoms with Crippen molar-refractivity contribution in [1.82, 2.24) is 9.88 Å². The molecule has 0 bridgehead atoms. The summed E-state index contributed by atoms with van der Waals surface area (Å²) < 4.78 is 37.6. The fraction of sp³-hybridized carbons (Fsp3) is 0.643. The lowest BCUT2D eigenvalue weighted by molar-refractivity contribution is -0.150. The molecular weight excluding hydrogens is 267 g/mol. The van der Waals surface area contributed by atoms with Gasteiger partial charge in [0, 0.05) is 25.3 Å². The lowest BCUT2D eigenvalue weighted by Crippen LogP contribution is -2.38. The van der Waals surface area contributed by atoms with Gasteiger partial charge < -0.3 is 5.32 Å². The molecule has 0 radical (unpaired) electrons. The number of hydrogen-bond acceptors (Lipinski definition) is 3. The first kappa shape index (κ1) is 16.8. The number of anilines is 1. The van der Waals surface area contributed by atoms with Gasteiger partial charge >= 0.3 is 6.18 Å². The number of pyridine rings is 1. The molecule has 0 unspecified atom stereocenters. The summed E-state index contributed by atoms with van der Waals surface area (Å²) in [4.78, 5) is 5.55. The molecule has 0 aliphatic rings. The molecule has 114 valence electrons. The predicted molar refractivity (Wildman–Crippen MR) is 74.6 cm³/mol. The lowest BCUT2D eigenvalue weighted by atomic mass is 10.2. The molecule has 6 heteroatoms. The van der Waals surface area contributed by atoms with Gasteiger partial charge in [-0.1, -0.05) is 6.92 Å². The van der Waals surface area contributed by atoms with Crippen LogP contribution in [0.2, 0.25) is 0 Å². The summed E-state index contributed by atoms with van der Waals surface area (Å²) >= 11 is 0. The van der Waals surface area contributed by atoms with Crippen LogP contribution in [-0.2, 0) is 6.54 Å². The van der Waals surface area contributed by atoms with E-state index in [-0.39, 0.29) is 12.6 Å². The number of halogens is 3. The van der Waals surface area contributed by atoms with E-state index in [2.05, 4.69) is 10.3 Å². The molecule has 0 aliphatic carbocycles. The van der Waals surface area contributed by atoms with Crippen LogP contribution in [0.3, 0.4) is 0 Å². The van der Waals surface area contributed by atoms with Crippen molar-refractivity contribution >= 4 is 5.82 Å². The number of aromatic nitrogens is 1. The monoisotopic (exact) mass is 289 g/mol. The highest BCUT2D eigenvalue weighted by molar-refractivity contribution is 5.37. The van der Waals surface area contributed by atoms with Gasteiger partial charge in [0.15, 0.2) is 0 Å². The highest BCUT2D eigenvalue weighted by atomic mass is 19.4. The quantitative estimate of drug-likeness (QED) is 0.830. The summed E-state index contributed by atoms with van der Waals surface area (Å²) in [5, 5.41) is 3.13. The number of alkyl halides is 3. The first-order valence-electron chi connectivity index (χ1n) is 6.81. The van der Waals surface area contributed by atoms with Gasteiger partial charge in [-0.3, -0.25) is 4.90 Å². The minimum atomic E-state index is -4.18. The third-order valence-electron chi connectivity index (χ3n) is 2.88. The maximum atomic E-state index is 12.5. The molecule has 0 saturated heterocycles. The van der Waals surface area contributed by atoms with E-state index >= 15 is 0 Å². The Morgan fingerprint density at radius 1 is 1.35 bits per heavy atom. The Kier molecular flexibility index (Phi) is 6.26. The van der Waals surface area contributed by atoms with E-state index < -0.39 is 12.7 Å².